The van der Waals surface area contributed by atoms with E-state index in [-0.39, 0.29) is 11.7 Å². The second-order valence-corrected chi connectivity index (χ2v) is 8.03. The Labute approximate surface area is 207 Å². The second-order valence-electron chi connectivity index (χ2n) is 8.03. The summed E-state index contributed by atoms with van der Waals surface area (Å²) < 4.78 is 11.0. The number of benzene rings is 3. The third-order valence-corrected chi connectivity index (χ3v) is 5.67. The van der Waals surface area contributed by atoms with Gasteiger partial charge in [-0.05, 0) is 60.2 Å². The minimum Gasteiger partial charge on any atom is -0.507 e. The zero-order valence-corrected chi connectivity index (χ0v) is 19.6. The first kappa shape index (κ1) is 22.9. The number of aromatic hydroxyl groups is 1. The maximum absolute atomic E-state index is 12.6. The van der Waals surface area contributed by atoms with Crippen LogP contribution in [0.2, 0.25) is 0 Å². The highest BCUT2D eigenvalue weighted by atomic mass is 16.5. The molecular weight excluding hydrogens is 456 g/mol. The van der Waals surface area contributed by atoms with Gasteiger partial charge in [0.2, 0.25) is 5.88 Å². The molecule has 0 aliphatic heterocycles. The number of pyridine rings is 1. The largest absolute Gasteiger partial charge is 0.507 e. The molecule has 0 aliphatic carbocycles. The van der Waals surface area contributed by atoms with Crippen LogP contribution in [0.25, 0.3) is 33.5 Å². The topological polar surface area (TPSA) is 109 Å². The van der Waals surface area contributed by atoms with Crippen molar-refractivity contribution in [3.8, 4) is 39.9 Å². The fourth-order valence-corrected chi connectivity index (χ4v) is 3.90. The number of H-pyrrole nitrogens is 1. The molecule has 0 radical (unpaired) electrons. The number of nitrogens with zero attached hydrogens (tertiary/aromatic N) is 2. The molecule has 0 unspecified atom stereocenters. The molecule has 0 saturated heterocycles. The van der Waals surface area contributed by atoms with Gasteiger partial charge in [-0.3, -0.25) is 4.79 Å². The van der Waals surface area contributed by atoms with Crippen LogP contribution in [-0.4, -0.2) is 46.2 Å². The Bertz CT molecular complexity index is 1520. The normalized spacial score (nSPS) is 10.8. The van der Waals surface area contributed by atoms with Crippen molar-refractivity contribution in [3.05, 3.63) is 90.6 Å². The lowest BCUT2D eigenvalue weighted by Gasteiger charge is -2.09. The number of amides is 1. The second kappa shape index (κ2) is 10.2. The number of rotatable bonds is 8. The number of phenolic OH excluding ortho intramolecular Hbond substituents is 1. The van der Waals surface area contributed by atoms with E-state index < -0.39 is 0 Å². The number of hydrogen-bond donors (Lipinski definition) is 3. The van der Waals surface area contributed by atoms with Crippen LogP contribution in [0.4, 0.5) is 0 Å². The number of phenols is 1. The van der Waals surface area contributed by atoms with Crippen LogP contribution in [0.1, 0.15) is 10.4 Å². The van der Waals surface area contributed by atoms with Gasteiger partial charge in [-0.25, -0.2) is 9.97 Å². The SMILES string of the molecule is COc1ncccc1-c1ccc(O)c(-c2nc3ccc(C(=O)NCCOc4ccccc4)cc3[nH]2)c1. The summed E-state index contributed by atoms with van der Waals surface area (Å²) in [6.07, 6.45) is 1.66. The molecule has 2 heterocycles. The number of imidazole rings is 1. The molecule has 5 rings (SSSR count). The van der Waals surface area contributed by atoms with Gasteiger partial charge in [0.15, 0.2) is 0 Å². The summed E-state index contributed by atoms with van der Waals surface area (Å²) in [5.74, 6) is 1.60. The van der Waals surface area contributed by atoms with Crippen LogP contribution in [0.5, 0.6) is 17.4 Å². The third-order valence-electron chi connectivity index (χ3n) is 5.67. The summed E-state index contributed by atoms with van der Waals surface area (Å²) >= 11 is 0. The average Bonchev–Trinajstić information content (AvgIpc) is 3.35. The monoisotopic (exact) mass is 480 g/mol. The number of para-hydroxylation sites is 1. The molecule has 0 atom stereocenters. The highest BCUT2D eigenvalue weighted by molar-refractivity contribution is 5.97. The van der Waals surface area contributed by atoms with E-state index in [2.05, 4.69) is 20.3 Å². The Morgan fingerprint density at radius 1 is 1.00 bits per heavy atom. The lowest BCUT2D eigenvalue weighted by Crippen LogP contribution is -2.28. The van der Waals surface area contributed by atoms with Gasteiger partial charge in [0, 0.05) is 17.3 Å². The van der Waals surface area contributed by atoms with Crippen molar-refractivity contribution in [1.82, 2.24) is 20.3 Å². The Morgan fingerprint density at radius 2 is 1.86 bits per heavy atom. The molecule has 2 aromatic heterocycles. The fourth-order valence-electron chi connectivity index (χ4n) is 3.90. The zero-order valence-electron chi connectivity index (χ0n) is 19.6. The Kier molecular flexibility index (Phi) is 6.48. The standard InChI is InChI=1S/C28H24N4O4/c1-35-28-21(8-5-13-30-28)18-10-12-25(33)22(16-18)26-31-23-11-9-19(17-24(23)32-26)27(34)29-14-15-36-20-6-3-2-4-7-20/h2-13,16-17,33H,14-15H2,1H3,(H,29,34)(H,31,32). The predicted molar refractivity (Wildman–Crippen MR) is 137 cm³/mol. The van der Waals surface area contributed by atoms with Gasteiger partial charge in [0.25, 0.3) is 5.91 Å². The number of ether oxygens (including phenoxy) is 2. The van der Waals surface area contributed by atoms with Crippen molar-refractivity contribution in [2.45, 2.75) is 0 Å². The lowest BCUT2D eigenvalue weighted by atomic mass is 10.0. The molecule has 3 aromatic carbocycles. The number of methoxy groups -OCH3 is 1. The van der Waals surface area contributed by atoms with Crippen molar-refractivity contribution in [2.24, 2.45) is 0 Å². The van der Waals surface area contributed by atoms with Crippen LogP contribution in [0.15, 0.2) is 85.1 Å². The molecule has 1 amide bonds. The number of carbonyl (C=O) groups excluding carboxylic acids is 1. The van der Waals surface area contributed by atoms with Crippen LogP contribution in [0, 0.1) is 0 Å². The minimum atomic E-state index is -0.210. The molecule has 8 heteroatoms. The molecule has 0 bridgehead atoms. The molecular formula is C28H24N4O4. The molecule has 180 valence electrons. The number of aromatic amines is 1. The fraction of sp³-hybridized carbons (Fsp3) is 0.107. The molecule has 0 saturated carbocycles. The van der Waals surface area contributed by atoms with E-state index in [9.17, 15) is 9.90 Å². The van der Waals surface area contributed by atoms with E-state index in [0.717, 1.165) is 16.9 Å². The molecule has 3 N–H and O–H groups in total. The van der Waals surface area contributed by atoms with E-state index in [4.69, 9.17) is 9.47 Å². The maximum atomic E-state index is 12.6. The van der Waals surface area contributed by atoms with Gasteiger partial charge < -0.3 is 24.9 Å². The lowest BCUT2D eigenvalue weighted by molar-refractivity contribution is 0.0947. The number of carbonyl (C=O) groups is 1. The van der Waals surface area contributed by atoms with Crippen LogP contribution in [0.3, 0.4) is 0 Å². The molecule has 0 spiro atoms. The van der Waals surface area contributed by atoms with Crippen LogP contribution < -0.4 is 14.8 Å². The van der Waals surface area contributed by atoms with Crippen molar-refractivity contribution < 1.29 is 19.4 Å². The summed E-state index contributed by atoms with van der Waals surface area (Å²) in [6, 6.07) is 23.6. The summed E-state index contributed by atoms with van der Waals surface area (Å²) in [4.78, 5) is 24.7. The van der Waals surface area contributed by atoms with E-state index in [1.54, 1.807) is 43.6 Å². The van der Waals surface area contributed by atoms with Crippen molar-refractivity contribution >= 4 is 16.9 Å². The van der Waals surface area contributed by atoms with Crippen LogP contribution >= 0.6 is 0 Å². The molecule has 5 aromatic rings. The average molecular weight is 481 g/mol. The van der Waals surface area contributed by atoms with E-state index >= 15 is 0 Å². The molecule has 8 nitrogen and oxygen atoms in total. The van der Waals surface area contributed by atoms with Crippen molar-refractivity contribution in [3.63, 3.8) is 0 Å². The van der Waals surface area contributed by atoms with E-state index in [1.807, 2.05) is 48.5 Å². The van der Waals surface area contributed by atoms with Gasteiger partial charge in [0.05, 0.1) is 30.3 Å². The number of aromatic nitrogens is 3. The quantitative estimate of drug-likeness (QED) is 0.275. The molecule has 36 heavy (non-hydrogen) atoms. The highest BCUT2D eigenvalue weighted by Gasteiger charge is 2.15. The number of fused-ring (bicyclic) bond motifs is 1. The molecule has 0 aliphatic rings. The van der Waals surface area contributed by atoms with E-state index in [0.29, 0.717) is 47.0 Å². The van der Waals surface area contributed by atoms with E-state index in [1.165, 1.54) is 0 Å². The van der Waals surface area contributed by atoms with Crippen molar-refractivity contribution in [1.29, 1.82) is 0 Å². The summed E-state index contributed by atoms with van der Waals surface area (Å²) in [7, 11) is 1.57. The summed E-state index contributed by atoms with van der Waals surface area (Å²) in [5, 5.41) is 13.4. The minimum absolute atomic E-state index is 0.0806. The smallest absolute Gasteiger partial charge is 0.251 e. The first-order valence-electron chi connectivity index (χ1n) is 11.4. The first-order valence-corrected chi connectivity index (χ1v) is 11.4. The number of nitrogens with one attached hydrogen (secondary N) is 2. The third kappa shape index (κ3) is 4.83. The Hall–Kier alpha value is -4.85. The van der Waals surface area contributed by atoms with Gasteiger partial charge in [0.1, 0.15) is 23.9 Å². The highest BCUT2D eigenvalue weighted by Crippen LogP contribution is 2.35. The Morgan fingerprint density at radius 3 is 2.69 bits per heavy atom. The van der Waals surface area contributed by atoms with Crippen LogP contribution in [-0.2, 0) is 0 Å². The van der Waals surface area contributed by atoms with Gasteiger partial charge in [-0.2, -0.15) is 0 Å². The number of hydrogen-bond acceptors (Lipinski definition) is 6. The van der Waals surface area contributed by atoms with Gasteiger partial charge in [-0.1, -0.05) is 24.3 Å². The maximum Gasteiger partial charge on any atom is 0.251 e. The zero-order chi connectivity index (χ0) is 24.9. The summed E-state index contributed by atoms with van der Waals surface area (Å²) in [5.41, 5.74) is 4.01. The molecule has 0 fully saturated rings. The first-order chi connectivity index (χ1) is 17.6. The van der Waals surface area contributed by atoms with Gasteiger partial charge in [-0.15, -0.1) is 0 Å². The Balaban J connectivity index is 1.34. The predicted octanol–water partition coefficient (Wildman–Crippen LogP) is 4.81. The van der Waals surface area contributed by atoms with Gasteiger partial charge >= 0.3 is 0 Å². The van der Waals surface area contributed by atoms with Crippen molar-refractivity contribution in [2.75, 3.05) is 20.3 Å². The summed E-state index contributed by atoms with van der Waals surface area (Å²) in [6.45, 7) is 0.738.